The molecule has 0 atom stereocenters. The lowest BCUT2D eigenvalue weighted by atomic mass is 10.1. The maximum atomic E-state index is 13.4. The third kappa shape index (κ3) is 7.68. The molecular weight excluding hydrogens is 515 g/mol. The molecular formula is C29H37FN6O2S. The number of nitrogens with zero attached hydrogens (tertiary/aromatic N) is 4. The molecule has 2 saturated heterocycles. The van der Waals surface area contributed by atoms with Gasteiger partial charge >= 0.3 is 6.03 Å². The zero-order valence-corrected chi connectivity index (χ0v) is 23.1. The number of hydrogen-bond donors (Lipinski definition) is 2. The van der Waals surface area contributed by atoms with Crippen LogP contribution in [0.4, 0.5) is 20.6 Å². The molecule has 2 fully saturated rings. The van der Waals surface area contributed by atoms with E-state index in [0.717, 1.165) is 68.4 Å². The number of amides is 2. The number of aromatic nitrogens is 1. The highest BCUT2D eigenvalue weighted by atomic mass is 32.1. The Morgan fingerprint density at radius 2 is 1.64 bits per heavy atom. The van der Waals surface area contributed by atoms with E-state index in [0.29, 0.717) is 25.3 Å². The first kappa shape index (κ1) is 27.4. The number of halogens is 1. The Bertz CT molecular complexity index is 1260. The molecule has 39 heavy (non-hydrogen) atoms. The van der Waals surface area contributed by atoms with Gasteiger partial charge in [0.2, 0.25) is 0 Å². The topological polar surface area (TPSA) is 74.1 Å². The van der Waals surface area contributed by atoms with Gasteiger partial charge < -0.3 is 29.7 Å². The van der Waals surface area contributed by atoms with E-state index < -0.39 is 0 Å². The molecule has 8 nitrogen and oxygen atoms in total. The quantitative estimate of drug-likeness (QED) is 0.370. The van der Waals surface area contributed by atoms with Gasteiger partial charge in [-0.1, -0.05) is 12.1 Å². The van der Waals surface area contributed by atoms with E-state index in [1.165, 1.54) is 30.7 Å². The van der Waals surface area contributed by atoms with Gasteiger partial charge in [0, 0.05) is 50.3 Å². The second kappa shape index (κ2) is 13.7. The van der Waals surface area contributed by atoms with E-state index in [4.69, 9.17) is 9.73 Å². The maximum absolute atomic E-state index is 13.4. The van der Waals surface area contributed by atoms with Crippen LogP contribution in [0.3, 0.4) is 0 Å². The number of hydrogen-bond acceptors (Lipinski definition) is 6. The summed E-state index contributed by atoms with van der Waals surface area (Å²) in [4.78, 5) is 22.6. The summed E-state index contributed by atoms with van der Waals surface area (Å²) in [5.74, 6) is -0.279. The van der Waals surface area contributed by atoms with E-state index in [-0.39, 0.29) is 11.8 Å². The number of carbonyl (C=O) groups excluding carboxylic acids is 1. The summed E-state index contributed by atoms with van der Waals surface area (Å²) < 4.78 is 21.1. The Morgan fingerprint density at radius 1 is 0.923 bits per heavy atom. The Balaban J connectivity index is 1.25. The van der Waals surface area contributed by atoms with Crippen molar-refractivity contribution in [2.75, 3.05) is 63.9 Å². The molecule has 208 valence electrons. The summed E-state index contributed by atoms with van der Waals surface area (Å²) in [7, 11) is 0. The molecule has 5 rings (SSSR count). The van der Waals surface area contributed by atoms with E-state index >= 15 is 0 Å². The molecule has 10 heteroatoms. The van der Waals surface area contributed by atoms with E-state index in [1.54, 1.807) is 23.5 Å². The van der Waals surface area contributed by atoms with Crippen molar-refractivity contribution in [1.29, 1.82) is 0 Å². The van der Waals surface area contributed by atoms with Crippen LogP contribution < -0.4 is 20.3 Å². The molecule has 2 aliphatic rings. The van der Waals surface area contributed by atoms with Gasteiger partial charge in [-0.15, -0.1) is 11.3 Å². The molecule has 0 unspecified atom stereocenters. The molecule has 2 aromatic carbocycles. The highest BCUT2D eigenvalue weighted by Gasteiger charge is 2.14. The van der Waals surface area contributed by atoms with E-state index in [1.807, 2.05) is 0 Å². The second-order valence-corrected chi connectivity index (χ2v) is 10.7. The van der Waals surface area contributed by atoms with Gasteiger partial charge in [0.05, 0.1) is 24.6 Å². The number of rotatable bonds is 10. The van der Waals surface area contributed by atoms with Gasteiger partial charge in [-0.3, -0.25) is 0 Å². The van der Waals surface area contributed by atoms with Gasteiger partial charge in [0.15, 0.2) is 4.80 Å². The van der Waals surface area contributed by atoms with Crippen molar-refractivity contribution in [3.63, 3.8) is 0 Å². The number of urea groups is 1. The lowest BCUT2D eigenvalue weighted by molar-refractivity contribution is 0.122. The van der Waals surface area contributed by atoms with Crippen molar-refractivity contribution in [3.05, 3.63) is 64.5 Å². The van der Waals surface area contributed by atoms with Crippen LogP contribution >= 0.6 is 11.3 Å². The summed E-state index contributed by atoms with van der Waals surface area (Å²) in [6, 6.07) is 14.7. The molecule has 0 bridgehead atoms. The van der Waals surface area contributed by atoms with Crippen LogP contribution in [0.15, 0.2) is 58.9 Å². The Hall–Kier alpha value is -3.21. The predicted octanol–water partition coefficient (Wildman–Crippen LogP) is 4.21. The number of carbonyl (C=O) groups is 1. The average Bonchev–Trinajstić information content (AvgIpc) is 3.63. The first-order valence-corrected chi connectivity index (χ1v) is 14.7. The average molecular weight is 553 g/mol. The van der Waals surface area contributed by atoms with Crippen LogP contribution in [0.1, 0.15) is 19.3 Å². The fourth-order valence-electron chi connectivity index (χ4n) is 4.99. The van der Waals surface area contributed by atoms with Crippen molar-refractivity contribution in [1.82, 2.24) is 20.1 Å². The first-order chi connectivity index (χ1) is 19.2. The lowest BCUT2D eigenvalue weighted by Crippen LogP contribution is -2.40. The molecule has 2 N–H and O–H groups in total. The number of ether oxygens (including phenoxy) is 1. The van der Waals surface area contributed by atoms with Crippen molar-refractivity contribution < 1.29 is 13.9 Å². The van der Waals surface area contributed by atoms with Gasteiger partial charge in [-0.05, 0) is 74.3 Å². The molecule has 0 radical (unpaired) electrons. The molecule has 3 aromatic rings. The monoisotopic (exact) mass is 552 g/mol. The summed E-state index contributed by atoms with van der Waals surface area (Å²) >= 11 is 1.56. The highest BCUT2D eigenvalue weighted by Crippen LogP contribution is 2.25. The molecule has 2 amide bonds. The fourth-order valence-corrected chi connectivity index (χ4v) is 5.95. The van der Waals surface area contributed by atoms with Crippen LogP contribution in [-0.2, 0) is 11.3 Å². The second-order valence-electron chi connectivity index (χ2n) is 9.87. The molecule has 0 saturated carbocycles. The molecule has 2 aliphatic heterocycles. The van der Waals surface area contributed by atoms with Gasteiger partial charge in [0.1, 0.15) is 5.82 Å². The van der Waals surface area contributed by atoms with Crippen LogP contribution in [-0.4, -0.2) is 74.5 Å². The number of nitrogens with one attached hydrogen (secondary N) is 2. The SMILES string of the molecule is O=C(NCCCn1c(-c2ccc(N3CCOCC3)cc2)cs/c1=N\c1ccc(F)cc1)NCCN1CCCC1. The number of anilines is 1. The molecule has 0 spiro atoms. The van der Waals surface area contributed by atoms with Gasteiger partial charge in [-0.25, -0.2) is 14.2 Å². The molecule has 3 heterocycles. The normalized spacial score (nSPS) is 16.5. The summed E-state index contributed by atoms with van der Waals surface area (Å²) in [5, 5.41) is 8.06. The third-order valence-electron chi connectivity index (χ3n) is 7.14. The van der Waals surface area contributed by atoms with Crippen LogP contribution in [0.25, 0.3) is 11.3 Å². The minimum absolute atomic E-state index is 0.125. The first-order valence-electron chi connectivity index (χ1n) is 13.8. The van der Waals surface area contributed by atoms with Gasteiger partial charge in [0.25, 0.3) is 0 Å². The highest BCUT2D eigenvalue weighted by molar-refractivity contribution is 7.07. The number of likely N-dealkylation sites (tertiary alicyclic amines) is 1. The fraction of sp³-hybridized carbons (Fsp3) is 0.448. The maximum Gasteiger partial charge on any atom is 0.314 e. The van der Waals surface area contributed by atoms with Crippen molar-refractivity contribution >= 4 is 28.7 Å². The number of thiazole rings is 1. The summed E-state index contributed by atoms with van der Waals surface area (Å²) in [6.07, 6.45) is 3.26. The zero-order valence-electron chi connectivity index (χ0n) is 22.3. The van der Waals surface area contributed by atoms with Crippen LogP contribution in [0, 0.1) is 5.82 Å². The van der Waals surface area contributed by atoms with Crippen molar-refractivity contribution in [2.24, 2.45) is 4.99 Å². The predicted molar refractivity (Wildman–Crippen MR) is 154 cm³/mol. The van der Waals surface area contributed by atoms with Crippen LogP contribution in [0.2, 0.25) is 0 Å². The van der Waals surface area contributed by atoms with Crippen LogP contribution in [0.5, 0.6) is 0 Å². The summed E-state index contributed by atoms with van der Waals surface area (Å²) in [5.41, 5.74) is 4.08. The Labute approximate surface area is 233 Å². The largest absolute Gasteiger partial charge is 0.378 e. The van der Waals surface area contributed by atoms with Gasteiger partial charge in [-0.2, -0.15) is 0 Å². The lowest BCUT2D eigenvalue weighted by Gasteiger charge is -2.28. The summed E-state index contributed by atoms with van der Waals surface area (Å²) in [6.45, 7) is 8.39. The van der Waals surface area contributed by atoms with Crippen molar-refractivity contribution in [2.45, 2.75) is 25.8 Å². The Morgan fingerprint density at radius 3 is 2.38 bits per heavy atom. The number of morpholine rings is 1. The Kier molecular flexibility index (Phi) is 9.63. The third-order valence-corrected chi connectivity index (χ3v) is 8.01. The minimum atomic E-state index is -0.279. The zero-order chi connectivity index (χ0) is 26.9. The number of benzene rings is 2. The minimum Gasteiger partial charge on any atom is -0.378 e. The smallest absolute Gasteiger partial charge is 0.314 e. The van der Waals surface area contributed by atoms with Crippen molar-refractivity contribution in [3.8, 4) is 11.3 Å². The van der Waals surface area contributed by atoms with E-state index in [9.17, 15) is 9.18 Å². The molecule has 1 aromatic heterocycles. The standard InChI is InChI=1S/C29H37FN6O2S/c30-24-6-8-25(9-7-24)33-29-36(16-3-12-31-28(37)32-13-17-34-14-1-2-15-34)27(22-39-29)23-4-10-26(11-5-23)35-18-20-38-21-19-35/h4-11,22H,1-3,12-21H2,(H2,31,32,37)/b33-29-. The van der Waals surface area contributed by atoms with E-state index in [2.05, 4.69) is 54.6 Å². The molecule has 0 aliphatic carbocycles.